The molecule has 4 heteroatoms. The van der Waals surface area contributed by atoms with Crippen molar-refractivity contribution >= 4 is 17.5 Å². The molecular weight excluding hydrogens is 229 g/mol. The number of nitrogens with one attached hydrogen (secondary N) is 1. The first-order valence-corrected chi connectivity index (χ1v) is 5.69. The van der Waals surface area contributed by atoms with E-state index in [1.54, 1.807) is 12.1 Å². The van der Waals surface area contributed by atoms with Crippen molar-refractivity contribution in [1.29, 1.82) is 0 Å². The highest BCUT2D eigenvalue weighted by Crippen LogP contribution is 2.21. The summed E-state index contributed by atoms with van der Waals surface area (Å²) in [5.41, 5.74) is 0.884. The van der Waals surface area contributed by atoms with Crippen molar-refractivity contribution in [2.75, 3.05) is 5.88 Å². The fourth-order valence-electron chi connectivity index (χ4n) is 1.52. The van der Waals surface area contributed by atoms with Crippen molar-refractivity contribution in [2.45, 2.75) is 19.9 Å². The van der Waals surface area contributed by atoms with E-state index in [9.17, 15) is 9.18 Å². The van der Waals surface area contributed by atoms with E-state index in [1.165, 1.54) is 12.1 Å². The van der Waals surface area contributed by atoms with Crippen LogP contribution in [0.2, 0.25) is 0 Å². The van der Waals surface area contributed by atoms with E-state index in [2.05, 4.69) is 5.32 Å². The third-order valence-corrected chi connectivity index (χ3v) is 2.58. The Morgan fingerprint density at radius 1 is 1.38 bits per heavy atom. The first-order chi connectivity index (χ1) is 7.54. The Bertz CT molecular complexity index is 351. The van der Waals surface area contributed by atoms with E-state index in [1.807, 2.05) is 13.8 Å². The monoisotopic (exact) mass is 243 g/mol. The minimum absolute atomic E-state index is 0.0651. The highest BCUT2D eigenvalue weighted by molar-refractivity contribution is 6.27. The minimum Gasteiger partial charge on any atom is -0.348 e. The van der Waals surface area contributed by atoms with E-state index in [4.69, 9.17) is 11.6 Å². The average Bonchev–Trinajstić information content (AvgIpc) is 2.26. The van der Waals surface area contributed by atoms with Gasteiger partial charge < -0.3 is 5.32 Å². The molecule has 0 unspecified atom stereocenters. The lowest BCUT2D eigenvalue weighted by Gasteiger charge is -2.22. The molecule has 0 bridgehead atoms. The fourth-order valence-corrected chi connectivity index (χ4v) is 1.59. The molecule has 0 aromatic heterocycles. The Labute approximate surface area is 99.8 Å². The predicted octanol–water partition coefficient (Wildman–Crippen LogP) is 2.88. The summed E-state index contributed by atoms with van der Waals surface area (Å²) in [4.78, 5) is 11.2. The van der Waals surface area contributed by atoms with E-state index in [-0.39, 0.29) is 29.6 Å². The number of carbonyl (C=O) groups excluding carboxylic acids is 1. The van der Waals surface area contributed by atoms with Crippen LogP contribution in [0.5, 0.6) is 0 Å². The first kappa shape index (κ1) is 13.0. The molecule has 1 N–H and O–H groups in total. The Hall–Kier alpha value is -1.09. The summed E-state index contributed by atoms with van der Waals surface area (Å²) >= 11 is 5.44. The molecule has 2 nitrogen and oxygen atoms in total. The van der Waals surface area contributed by atoms with Gasteiger partial charge in [-0.25, -0.2) is 4.39 Å². The maximum atomic E-state index is 12.8. The van der Waals surface area contributed by atoms with Gasteiger partial charge in [0.25, 0.3) is 0 Å². The maximum absolute atomic E-state index is 12.8. The maximum Gasteiger partial charge on any atom is 0.235 e. The highest BCUT2D eigenvalue weighted by atomic mass is 35.5. The molecule has 88 valence electrons. The number of carbonyl (C=O) groups is 1. The van der Waals surface area contributed by atoms with Crippen LogP contribution in [0.3, 0.4) is 0 Å². The van der Waals surface area contributed by atoms with Gasteiger partial charge >= 0.3 is 0 Å². The molecule has 0 fully saturated rings. The second kappa shape index (κ2) is 5.85. The van der Waals surface area contributed by atoms with Gasteiger partial charge in [0.2, 0.25) is 5.91 Å². The molecule has 0 heterocycles. The molecule has 1 amide bonds. The van der Waals surface area contributed by atoms with Crippen LogP contribution in [-0.4, -0.2) is 11.8 Å². The zero-order valence-corrected chi connectivity index (χ0v) is 10.1. The molecule has 1 rings (SSSR count). The summed E-state index contributed by atoms with van der Waals surface area (Å²) in [6.07, 6.45) is 0. The van der Waals surface area contributed by atoms with Gasteiger partial charge in [0, 0.05) is 0 Å². The van der Waals surface area contributed by atoms with E-state index >= 15 is 0 Å². The summed E-state index contributed by atoms with van der Waals surface area (Å²) in [7, 11) is 0. The largest absolute Gasteiger partial charge is 0.348 e. The van der Waals surface area contributed by atoms with Crippen molar-refractivity contribution in [3.05, 3.63) is 35.6 Å². The lowest BCUT2D eigenvalue weighted by atomic mass is 9.96. The van der Waals surface area contributed by atoms with E-state index in [0.29, 0.717) is 0 Å². The topological polar surface area (TPSA) is 29.1 Å². The van der Waals surface area contributed by atoms with Crippen LogP contribution >= 0.6 is 11.6 Å². The molecule has 16 heavy (non-hydrogen) atoms. The lowest BCUT2D eigenvalue weighted by Crippen LogP contribution is -2.32. The second-order valence-electron chi connectivity index (χ2n) is 3.97. The van der Waals surface area contributed by atoms with Gasteiger partial charge in [-0.3, -0.25) is 4.79 Å². The smallest absolute Gasteiger partial charge is 0.235 e. The molecule has 0 saturated heterocycles. The van der Waals surface area contributed by atoms with E-state index < -0.39 is 0 Å². The molecule has 0 saturated carbocycles. The Kier molecular flexibility index (Phi) is 4.74. The normalized spacial score (nSPS) is 12.6. The van der Waals surface area contributed by atoms with Crippen LogP contribution in [-0.2, 0) is 4.79 Å². The van der Waals surface area contributed by atoms with Gasteiger partial charge in [-0.15, -0.1) is 11.6 Å². The van der Waals surface area contributed by atoms with Crippen molar-refractivity contribution in [3.63, 3.8) is 0 Å². The van der Waals surface area contributed by atoms with Crippen molar-refractivity contribution in [3.8, 4) is 0 Å². The van der Waals surface area contributed by atoms with Gasteiger partial charge in [-0.2, -0.15) is 0 Å². The molecular formula is C12H15ClFNO. The number of halogens is 2. The fraction of sp³-hybridized carbons (Fsp3) is 0.417. The third-order valence-electron chi connectivity index (χ3n) is 2.33. The molecule has 0 aliphatic rings. The molecule has 0 aliphatic carbocycles. The summed E-state index contributed by atoms with van der Waals surface area (Å²) in [5.74, 6) is -0.345. The summed E-state index contributed by atoms with van der Waals surface area (Å²) in [5, 5.41) is 2.81. The van der Waals surface area contributed by atoms with Gasteiger partial charge in [0.05, 0.1) is 6.04 Å². The quantitative estimate of drug-likeness (QED) is 0.810. The highest BCUT2D eigenvalue weighted by Gasteiger charge is 2.17. The Balaban J connectivity index is 2.85. The van der Waals surface area contributed by atoms with Crippen molar-refractivity contribution in [1.82, 2.24) is 5.32 Å². The number of alkyl halides is 1. The molecule has 1 aromatic rings. The van der Waals surface area contributed by atoms with Gasteiger partial charge in [0.15, 0.2) is 0 Å². The van der Waals surface area contributed by atoms with Crippen LogP contribution < -0.4 is 5.32 Å². The Morgan fingerprint density at radius 3 is 2.38 bits per heavy atom. The second-order valence-corrected chi connectivity index (χ2v) is 4.24. The number of hydrogen-bond acceptors (Lipinski definition) is 1. The van der Waals surface area contributed by atoms with Crippen LogP contribution in [0.15, 0.2) is 24.3 Å². The zero-order valence-electron chi connectivity index (χ0n) is 9.34. The molecule has 1 aromatic carbocycles. The van der Waals surface area contributed by atoms with Gasteiger partial charge in [-0.1, -0.05) is 26.0 Å². The zero-order chi connectivity index (χ0) is 12.1. The van der Waals surface area contributed by atoms with Crippen LogP contribution in [0.25, 0.3) is 0 Å². The number of hydrogen-bond donors (Lipinski definition) is 1. The molecule has 1 atom stereocenters. The molecule has 0 radical (unpaired) electrons. The standard InChI is InChI=1S/C12H15ClFNO/c1-8(2)12(15-11(16)7-13)9-3-5-10(14)6-4-9/h3-6,8,12H,7H2,1-2H3,(H,15,16)/t12-/m1/s1. The first-order valence-electron chi connectivity index (χ1n) is 5.15. The summed E-state index contributed by atoms with van der Waals surface area (Å²) < 4.78 is 12.8. The average molecular weight is 244 g/mol. The molecule has 0 spiro atoms. The van der Waals surface area contributed by atoms with Gasteiger partial charge in [-0.05, 0) is 23.6 Å². The summed E-state index contributed by atoms with van der Waals surface area (Å²) in [6, 6.07) is 5.99. The van der Waals surface area contributed by atoms with Crippen molar-refractivity contribution < 1.29 is 9.18 Å². The summed E-state index contributed by atoms with van der Waals surface area (Å²) in [6.45, 7) is 3.98. The number of rotatable bonds is 4. The SMILES string of the molecule is CC(C)[C@@H](NC(=O)CCl)c1ccc(F)cc1. The van der Waals surface area contributed by atoms with E-state index in [0.717, 1.165) is 5.56 Å². The molecule has 0 aliphatic heterocycles. The van der Waals surface area contributed by atoms with Crippen LogP contribution in [0.1, 0.15) is 25.5 Å². The number of amides is 1. The minimum atomic E-state index is -0.282. The van der Waals surface area contributed by atoms with Crippen LogP contribution in [0, 0.1) is 11.7 Å². The third kappa shape index (κ3) is 3.49. The van der Waals surface area contributed by atoms with Crippen LogP contribution in [0.4, 0.5) is 4.39 Å². The number of benzene rings is 1. The van der Waals surface area contributed by atoms with Crippen molar-refractivity contribution in [2.24, 2.45) is 5.92 Å². The predicted molar refractivity (Wildman–Crippen MR) is 62.8 cm³/mol. The Morgan fingerprint density at radius 2 is 1.94 bits per heavy atom. The lowest BCUT2D eigenvalue weighted by molar-refractivity contribution is -0.119. The van der Waals surface area contributed by atoms with Gasteiger partial charge in [0.1, 0.15) is 11.7 Å².